The first kappa shape index (κ1) is 16.2. The van der Waals surface area contributed by atoms with Crippen molar-refractivity contribution in [3.8, 4) is 0 Å². The van der Waals surface area contributed by atoms with Crippen molar-refractivity contribution in [2.24, 2.45) is 10.7 Å². The minimum Gasteiger partial charge on any atom is -0.444 e. The smallest absolute Gasteiger partial charge is 0.413 e. The van der Waals surface area contributed by atoms with Crippen LogP contribution in [0.25, 0.3) is 0 Å². The highest BCUT2D eigenvalue weighted by Gasteiger charge is 2.16. The van der Waals surface area contributed by atoms with Gasteiger partial charge in [-0.05, 0) is 58.7 Å². The van der Waals surface area contributed by atoms with Gasteiger partial charge in [-0.15, -0.1) is 0 Å². The van der Waals surface area contributed by atoms with E-state index in [1.165, 1.54) is 6.08 Å². The van der Waals surface area contributed by atoms with Gasteiger partial charge >= 0.3 is 6.09 Å². The number of amides is 1. The minimum atomic E-state index is -0.642. The van der Waals surface area contributed by atoms with Crippen LogP contribution in [0.1, 0.15) is 20.8 Å². The molecule has 0 aliphatic rings. The molecule has 0 aromatic rings. The van der Waals surface area contributed by atoms with Crippen molar-refractivity contribution in [1.82, 2.24) is 5.32 Å². The van der Waals surface area contributed by atoms with Gasteiger partial charge in [-0.3, -0.25) is 5.32 Å². The normalized spacial score (nSPS) is 13.8. The molecule has 0 aromatic heterocycles. The Morgan fingerprint density at radius 3 is 2.41 bits per heavy atom. The molecule has 0 aliphatic carbocycles. The molecule has 0 unspecified atom stereocenters. The molecular weight excluding hydrogens is 354 g/mol. The van der Waals surface area contributed by atoms with Crippen LogP contribution in [0.2, 0.25) is 0 Å². The highest BCUT2D eigenvalue weighted by atomic mass is 79.9. The van der Waals surface area contributed by atoms with Crippen LogP contribution >= 0.6 is 31.9 Å². The molecule has 17 heavy (non-hydrogen) atoms. The lowest BCUT2D eigenvalue weighted by Crippen LogP contribution is -2.34. The van der Waals surface area contributed by atoms with Crippen LogP contribution in [-0.4, -0.2) is 16.3 Å². The molecule has 0 saturated heterocycles. The van der Waals surface area contributed by atoms with Crippen molar-refractivity contribution >= 4 is 42.6 Å². The number of allylic oxidation sites excluding steroid dienone is 1. The zero-order valence-electron chi connectivity index (χ0n) is 9.88. The maximum Gasteiger partial charge on any atom is 0.413 e. The van der Waals surface area contributed by atoms with E-state index >= 15 is 0 Å². The monoisotopic (exact) mass is 367 g/mol. The zero-order chi connectivity index (χ0) is 13.6. The number of carbonyl (C=O) groups excluding carboxylic acids is 1. The van der Waals surface area contributed by atoms with E-state index in [1.807, 2.05) is 0 Å². The number of rotatable bonds is 3. The third kappa shape index (κ3) is 7.98. The Balaban J connectivity index is 4.63. The van der Waals surface area contributed by atoms with Crippen molar-refractivity contribution in [3.63, 3.8) is 0 Å². The third-order valence-electron chi connectivity index (χ3n) is 1.23. The minimum absolute atomic E-state index is 0.0538. The fraction of sp³-hybridized carbons (Fsp3) is 0.400. The lowest BCUT2D eigenvalue weighted by molar-refractivity contribution is 0.0545. The first-order valence-electron chi connectivity index (χ1n) is 4.67. The number of hydrogen-bond donors (Lipinski definition) is 2. The summed E-state index contributed by atoms with van der Waals surface area (Å²) in [4.78, 5) is 15.3. The highest BCUT2D eigenvalue weighted by Crippen LogP contribution is 2.12. The summed E-state index contributed by atoms with van der Waals surface area (Å²) >= 11 is 6.24. The van der Waals surface area contributed by atoms with Crippen LogP contribution in [0.3, 0.4) is 0 Å². The second kappa shape index (κ2) is 6.80. The number of ether oxygens (including phenoxy) is 1. The summed E-state index contributed by atoms with van der Waals surface area (Å²) in [6.07, 6.45) is 0.846. The second-order valence-electron chi connectivity index (χ2n) is 3.97. The van der Waals surface area contributed by atoms with Crippen LogP contribution in [0.5, 0.6) is 0 Å². The van der Waals surface area contributed by atoms with Gasteiger partial charge in [-0.2, -0.15) is 0 Å². The van der Waals surface area contributed by atoms with E-state index in [4.69, 9.17) is 10.5 Å². The summed E-state index contributed by atoms with van der Waals surface area (Å²) in [6.45, 7) is 8.78. The van der Waals surface area contributed by atoms with E-state index in [9.17, 15) is 4.79 Å². The van der Waals surface area contributed by atoms with Gasteiger partial charge in [-0.1, -0.05) is 6.58 Å². The fourth-order valence-corrected chi connectivity index (χ4v) is 1.37. The van der Waals surface area contributed by atoms with Gasteiger partial charge in [0.2, 0.25) is 0 Å². The lowest BCUT2D eigenvalue weighted by Gasteiger charge is -2.19. The van der Waals surface area contributed by atoms with Crippen LogP contribution < -0.4 is 11.1 Å². The predicted molar refractivity (Wildman–Crippen MR) is 76.1 cm³/mol. The number of nitrogens with two attached hydrogens (primary N) is 1. The molecular formula is C10H15Br2N3O2. The van der Waals surface area contributed by atoms with E-state index in [0.717, 1.165) is 0 Å². The topological polar surface area (TPSA) is 76.7 Å². The van der Waals surface area contributed by atoms with Gasteiger partial charge in [-0.25, -0.2) is 9.79 Å². The Labute approximate surface area is 117 Å². The summed E-state index contributed by atoms with van der Waals surface area (Å²) < 4.78 is 5.78. The average Bonchev–Trinajstić information content (AvgIpc) is 2.14. The molecule has 0 saturated carbocycles. The Bertz CT molecular complexity index is 370. The standard InChI is InChI=1S/C10H15Br2N3O2/c1-5-6(11)14-7(12)8(13)15-9(16)17-10(2,3)4/h5H,1,13H2,2-4H3,(H,15,16)/b8-7+,14-6?. The van der Waals surface area contributed by atoms with E-state index in [-0.39, 0.29) is 10.4 Å². The Hall–Kier alpha value is -0.820. The first-order chi connectivity index (χ1) is 7.65. The van der Waals surface area contributed by atoms with E-state index in [2.05, 4.69) is 48.7 Å². The number of carbonyl (C=O) groups is 1. The lowest BCUT2D eigenvalue weighted by atomic mass is 10.2. The van der Waals surface area contributed by atoms with Crippen molar-refractivity contribution in [2.45, 2.75) is 26.4 Å². The molecule has 1 amide bonds. The molecule has 0 atom stereocenters. The van der Waals surface area contributed by atoms with E-state index in [1.54, 1.807) is 20.8 Å². The highest BCUT2D eigenvalue weighted by molar-refractivity contribution is 9.18. The van der Waals surface area contributed by atoms with Crippen LogP contribution in [-0.2, 0) is 4.74 Å². The zero-order valence-corrected chi connectivity index (χ0v) is 13.1. The summed E-state index contributed by atoms with van der Waals surface area (Å²) in [5.41, 5.74) is 5.02. The predicted octanol–water partition coefficient (Wildman–Crippen LogP) is 2.97. The molecule has 7 heteroatoms. The molecule has 0 aromatic carbocycles. The molecule has 0 spiro atoms. The Morgan fingerprint density at radius 2 is 2.00 bits per heavy atom. The maximum atomic E-state index is 11.4. The second-order valence-corrected chi connectivity index (χ2v) is 5.53. The summed E-state index contributed by atoms with van der Waals surface area (Å²) in [5.74, 6) is 0.0538. The average molecular weight is 369 g/mol. The van der Waals surface area contributed by atoms with Crippen molar-refractivity contribution in [1.29, 1.82) is 0 Å². The van der Waals surface area contributed by atoms with Gasteiger partial charge in [0.1, 0.15) is 20.6 Å². The Morgan fingerprint density at radius 1 is 1.47 bits per heavy atom. The van der Waals surface area contributed by atoms with Gasteiger partial charge in [0.05, 0.1) is 0 Å². The summed E-state index contributed by atoms with van der Waals surface area (Å²) in [6, 6.07) is 0. The first-order valence-corrected chi connectivity index (χ1v) is 6.26. The molecule has 0 fully saturated rings. The number of hydrogen-bond acceptors (Lipinski definition) is 4. The number of aliphatic imine (C=N–C) groups is 1. The van der Waals surface area contributed by atoms with Crippen LogP contribution in [0.15, 0.2) is 28.1 Å². The summed E-state index contributed by atoms with van der Waals surface area (Å²) in [7, 11) is 0. The Kier molecular flexibility index (Phi) is 6.48. The largest absolute Gasteiger partial charge is 0.444 e. The van der Waals surface area contributed by atoms with E-state index < -0.39 is 11.7 Å². The number of alkyl carbamates (subject to hydrolysis) is 1. The molecule has 0 heterocycles. The summed E-state index contributed by atoms with van der Waals surface area (Å²) in [5, 5.41) is 2.35. The quantitative estimate of drug-likeness (QED) is 0.593. The third-order valence-corrected chi connectivity index (χ3v) is 2.34. The van der Waals surface area contributed by atoms with Gasteiger partial charge in [0.25, 0.3) is 0 Å². The van der Waals surface area contributed by atoms with Crippen molar-refractivity contribution < 1.29 is 9.53 Å². The maximum absolute atomic E-state index is 11.4. The molecule has 3 N–H and O–H groups in total. The fourth-order valence-electron chi connectivity index (χ4n) is 0.665. The van der Waals surface area contributed by atoms with Gasteiger partial charge < -0.3 is 10.5 Å². The SMILES string of the molecule is C=CC(Br)=N/C(Br)=C(\N)NC(=O)OC(C)(C)C. The van der Waals surface area contributed by atoms with E-state index in [0.29, 0.717) is 4.62 Å². The van der Waals surface area contributed by atoms with Crippen molar-refractivity contribution in [2.75, 3.05) is 0 Å². The number of nitrogens with zero attached hydrogens (tertiary/aromatic N) is 1. The molecule has 0 aliphatic heterocycles. The van der Waals surface area contributed by atoms with Crippen LogP contribution in [0, 0.1) is 0 Å². The molecule has 0 rings (SSSR count). The number of nitrogens with one attached hydrogen (secondary N) is 1. The van der Waals surface area contributed by atoms with Crippen LogP contribution in [0.4, 0.5) is 4.79 Å². The van der Waals surface area contributed by atoms with Crippen molar-refractivity contribution in [3.05, 3.63) is 23.1 Å². The molecule has 96 valence electrons. The molecule has 0 radical (unpaired) electrons. The molecule has 0 bridgehead atoms. The van der Waals surface area contributed by atoms with Gasteiger partial charge in [0.15, 0.2) is 0 Å². The number of halogens is 2. The molecule has 5 nitrogen and oxygen atoms in total. The van der Waals surface area contributed by atoms with Gasteiger partial charge in [0, 0.05) is 0 Å².